The highest BCUT2D eigenvalue weighted by Crippen LogP contribution is 2.46. The van der Waals surface area contributed by atoms with Crippen LogP contribution in [0.3, 0.4) is 0 Å². The number of aromatic nitrogens is 2. The summed E-state index contributed by atoms with van der Waals surface area (Å²) in [6.07, 6.45) is 3.88. The smallest absolute Gasteiger partial charge is 0.223 e. The van der Waals surface area contributed by atoms with Gasteiger partial charge >= 0.3 is 0 Å². The number of hydrogen-bond donors (Lipinski definition) is 1. The minimum Gasteiger partial charge on any atom is -0.481 e. The number of unbranched alkanes of at least 4 members (excludes halogenated alkanes) is 1. The first-order valence-corrected chi connectivity index (χ1v) is 10.1. The Kier molecular flexibility index (Phi) is 5.87. The van der Waals surface area contributed by atoms with Gasteiger partial charge in [-0.3, -0.25) is 0 Å². The van der Waals surface area contributed by atoms with E-state index in [1.807, 2.05) is 41.5 Å². The van der Waals surface area contributed by atoms with E-state index in [1.165, 1.54) is 11.8 Å². The number of anilines is 1. The standard InChI is InChI=1S/C20H23N5OS/c1-4-5-11-25-17(22)14(12-21)15(13-9-7-6-8-10-13)16-18(25)23-20(27-3)24-19(16)26-2/h6-10,15H,4-5,11,22H2,1-3H3. The first-order valence-electron chi connectivity index (χ1n) is 8.88. The molecule has 1 aliphatic rings. The zero-order chi connectivity index (χ0) is 19.4. The Morgan fingerprint density at radius 1 is 1.30 bits per heavy atom. The first kappa shape index (κ1) is 19.1. The predicted molar refractivity (Wildman–Crippen MR) is 108 cm³/mol. The lowest BCUT2D eigenvalue weighted by Gasteiger charge is -2.35. The molecule has 1 unspecified atom stereocenters. The molecule has 0 saturated carbocycles. The number of hydrogen-bond acceptors (Lipinski definition) is 7. The highest BCUT2D eigenvalue weighted by Gasteiger charge is 2.37. The number of nitrogens with zero attached hydrogens (tertiary/aromatic N) is 4. The van der Waals surface area contributed by atoms with Gasteiger partial charge in [-0.1, -0.05) is 55.4 Å². The SMILES string of the molecule is CCCCN1C(N)=C(C#N)C(c2ccccc2)c2c(OC)nc(SC)nc21. The van der Waals surface area contributed by atoms with Crippen LogP contribution in [-0.2, 0) is 0 Å². The van der Waals surface area contributed by atoms with E-state index in [0.29, 0.717) is 29.0 Å². The fourth-order valence-electron chi connectivity index (χ4n) is 3.32. The Labute approximate surface area is 164 Å². The Morgan fingerprint density at radius 2 is 2.04 bits per heavy atom. The lowest BCUT2D eigenvalue weighted by Crippen LogP contribution is -2.37. The van der Waals surface area contributed by atoms with Crippen molar-refractivity contribution < 1.29 is 4.74 Å². The maximum atomic E-state index is 9.93. The highest BCUT2D eigenvalue weighted by atomic mass is 32.2. The highest BCUT2D eigenvalue weighted by molar-refractivity contribution is 7.98. The maximum absolute atomic E-state index is 9.93. The molecule has 1 atom stereocenters. The fourth-order valence-corrected chi connectivity index (χ4v) is 3.67. The molecule has 1 aliphatic heterocycles. The molecule has 140 valence electrons. The second-order valence-corrected chi connectivity index (χ2v) is 6.99. The number of methoxy groups -OCH3 is 1. The minimum atomic E-state index is -0.352. The van der Waals surface area contributed by atoms with Crippen LogP contribution in [0.5, 0.6) is 5.88 Å². The molecule has 27 heavy (non-hydrogen) atoms. The third kappa shape index (κ3) is 3.45. The molecule has 0 bridgehead atoms. The summed E-state index contributed by atoms with van der Waals surface area (Å²) in [4.78, 5) is 11.2. The van der Waals surface area contributed by atoms with E-state index in [-0.39, 0.29) is 5.92 Å². The molecule has 2 aromatic rings. The van der Waals surface area contributed by atoms with Crippen LogP contribution in [0.25, 0.3) is 0 Å². The van der Waals surface area contributed by atoms with Crippen LogP contribution in [0, 0.1) is 11.3 Å². The van der Waals surface area contributed by atoms with Crippen molar-refractivity contribution in [3.63, 3.8) is 0 Å². The van der Waals surface area contributed by atoms with Gasteiger partial charge in [-0.25, -0.2) is 4.98 Å². The third-order valence-corrected chi connectivity index (χ3v) is 5.18. The molecule has 2 heterocycles. The second kappa shape index (κ2) is 8.31. The number of thioether (sulfide) groups is 1. The number of fused-ring (bicyclic) bond motifs is 1. The van der Waals surface area contributed by atoms with Gasteiger partial charge in [-0.2, -0.15) is 10.2 Å². The van der Waals surface area contributed by atoms with Crippen molar-refractivity contribution in [2.75, 3.05) is 24.8 Å². The van der Waals surface area contributed by atoms with Crippen LogP contribution >= 0.6 is 11.8 Å². The van der Waals surface area contributed by atoms with Crippen molar-refractivity contribution >= 4 is 17.6 Å². The second-order valence-electron chi connectivity index (χ2n) is 6.22. The monoisotopic (exact) mass is 381 g/mol. The summed E-state index contributed by atoms with van der Waals surface area (Å²) in [6.45, 7) is 2.81. The summed E-state index contributed by atoms with van der Waals surface area (Å²) in [5, 5.41) is 10.5. The van der Waals surface area contributed by atoms with Crippen molar-refractivity contribution in [3.8, 4) is 11.9 Å². The average Bonchev–Trinajstić information content (AvgIpc) is 2.72. The van der Waals surface area contributed by atoms with Gasteiger partial charge in [0, 0.05) is 6.54 Å². The van der Waals surface area contributed by atoms with Gasteiger partial charge in [-0.05, 0) is 18.2 Å². The predicted octanol–water partition coefficient (Wildman–Crippen LogP) is 3.65. The zero-order valence-corrected chi connectivity index (χ0v) is 16.6. The summed E-state index contributed by atoms with van der Waals surface area (Å²) < 4.78 is 5.62. The van der Waals surface area contributed by atoms with Crippen molar-refractivity contribution in [1.29, 1.82) is 5.26 Å². The first-order chi connectivity index (χ1) is 13.2. The fraction of sp³-hybridized carbons (Fsp3) is 0.350. The summed E-state index contributed by atoms with van der Waals surface area (Å²) in [5.41, 5.74) is 8.74. The molecule has 3 rings (SSSR count). The number of rotatable bonds is 6. The van der Waals surface area contributed by atoms with Crippen LogP contribution in [0.1, 0.15) is 36.8 Å². The van der Waals surface area contributed by atoms with Crippen LogP contribution < -0.4 is 15.4 Å². The number of benzene rings is 1. The van der Waals surface area contributed by atoms with Crippen LogP contribution in [-0.4, -0.2) is 29.9 Å². The van der Waals surface area contributed by atoms with Crippen LogP contribution in [0.4, 0.5) is 5.82 Å². The molecule has 1 aromatic carbocycles. The summed E-state index contributed by atoms with van der Waals surface area (Å²) >= 11 is 1.45. The molecule has 0 saturated heterocycles. The molecule has 2 N–H and O–H groups in total. The van der Waals surface area contributed by atoms with Crippen molar-refractivity contribution in [2.24, 2.45) is 5.73 Å². The Bertz CT molecular complexity index is 891. The van der Waals surface area contributed by atoms with E-state index in [0.717, 1.165) is 29.8 Å². The van der Waals surface area contributed by atoms with E-state index in [9.17, 15) is 5.26 Å². The number of nitrogens with two attached hydrogens (primary N) is 1. The molecule has 0 radical (unpaired) electrons. The molecule has 0 aliphatic carbocycles. The quantitative estimate of drug-likeness (QED) is 0.603. The van der Waals surface area contributed by atoms with Crippen molar-refractivity contribution in [2.45, 2.75) is 30.8 Å². The van der Waals surface area contributed by atoms with Crippen LogP contribution in [0.2, 0.25) is 0 Å². The average molecular weight is 382 g/mol. The number of ether oxygens (including phenoxy) is 1. The molecule has 0 fully saturated rings. The third-order valence-electron chi connectivity index (χ3n) is 4.63. The zero-order valence-electron chi connectivity index (χ0n) is 15.8. The summed E-state index contributed by atoms with van der Waals surface area (Å²) in [5.74, 6) is 1.32. The lowest BCUT2D eigenvalue weighted by molar-refractivity contribution is 0.385. The van der Waals surface area contributed by atoms with Crippen molar-refractivity contribution in [1.82, 2.24) is 9.97 Å². The van der Waals surface area contributed by atoms with E-state index >= 15 is 0 Å². The van der Waals surface area contributed by atoms with E-state index < -0.39 is 0 Å². The number of allylic oxidation sites excluding steroid dienone is 1. The van der Waals surface area contributed by atoms with Gasteiger partial charge in [0.2, 0.25) is 5.88 Å². The van der Waals surface area contributed by atoms with Gasteiger partial charge in [0.1, 0.15) is 11.6 Å². The Balaban J connectivity index is 2.30. The molecule has 6 nitrogen and oxygen atoms in total. The Hall–Kier alpha value is -2.72. The molecule has 0 amide bonds. The Morgan fingerprint density at radius 3 is 2.63 bits per heavy atom. The summed E-state index contributed by atoms with van der Waals surface area (Å²) in [7, 11) is 1.60. The molecule has 0 spiro atoms. The van der Waals surface area contributed by atoms with Crippen molar-refractivity contribution in [3.05, 3.63) is 52.9 Å². The molecular formula is C20H23N5OS. The number of nitriles is 1. The topological polar surface area (TPSA) is 88.1 Å². The largest absolute Gasteiger partial charge is 0.481 e. The van der Waals surface area contributed by atoms with Gasteiger partial charge in [0.05, 0.1) is 30.2 Å². The van der Waals surface area contributed by atoms with Gasteiger partial charge in [-0.15, -0.1) is 0 Å². The van der Waals surface area contributed by atoms with Gasteiger partial charge in [0.25, 0.3) is 0 Å². The molecule has 1 aromatic heterocycles. The molecule has 7 heteroatoms. The lowest BCUT2D eigenvalue weighted by atomic mass is 9.83. The normalized spacial score (nSPS) is 16.1. The van der Waals surface area contributed by atoms with Gasteiger partial charge < -0.3 is 15.4 Å². The van der Waals surface area contributed by atoms with Crippen LogP contribution in [0.15, 0.2) is 46.9 Å². The van der Waals surface area contributed by atoms with E-state index in [4.69, 9.17) is 15.5 Å². The minimum absolute atomic E-state index is 0.352. The maximum Gasteiger partial charge on any atom is 0.223 e. The van der Waals surface area contributed by atoms with E-state index in [1.54, 1.807) is 7.11 Å². The van der Waals surface area contributed by atoms with Gasteiger partial charge in [0.15, 0.2) is 5.16 Å². The molecular weight excluding hydrogens is 358 g/mol. The summed E-state index contributed by atoms with van der Waals surface area (Å²) in [6, 6.07) is 12.2. The van der Waals surface area contributed by atoms with E-state index in [2.05, 4.69) is 18.0 Å².